The Kier molecular flexibility index (Phi) is 6.68. The molecule has 2 unspecified atom stereocenters. The van der Waals surface area contributed by atoms with Crippen LogP contribution < -0.4 is 5.32 Å². The lowest BCUT2D eigenvalue weighted by Crippen LogP contribution is -2.36. The van der Waals surface area contributed by atoms with E-state index in [1.54, 1.807) is 0 Å². The number of rotatable bonds is 8. The molecule has 2 rings (SSSR count). The second kappa shape index (κ2) is 8.52. The summed E-state index contributed by atoms with van der Waals surface area (Å²) >= 11 is 0. The molecule has 0 saturated carbocycles. The van der Waals surface area contributed by atoms with Crippen LogP contribution >= 0.6 is 0 Å². The summed E-state index contributed by atoms with van der Waals surface area (Å²) in [5.41, 5.74) is 1.42. The van der Waals surface area contributed by atoms with Crippen molar-refractivity contribution in [1.82, 2.24) is 10.2 Å². The molecule has 0 radical (unpaired) electrons. The van der Waals surface area contributed by atoms with Gasteiger partial charge >= 0.3 is 0 Å². The largest absolute Gasteiger partial charge is 0.384 e. The minimum atomic E-state index is 0.479. The molecule has 0 bridgehead atoms. The molecule has 3 heteroatoms. The van der Waals surface area contributed by atoms with Crippen LogP contribution in [0.2, 0.25) is 0 Å². The maximum Gasteiger partial charge on any atom is 0.0503 e. The van der Waals surface area contributed by atoms with E-state index in [2.05, 4.69) is 54.4 Å². The molecule has 2 atom stereocenters. The number of ether oxygens (including phenoxy) is 1. The van der Waals surface area contributed by atoms with Crippen LogP contribution in [0, 0.1) is 11.8 Å². The smallest absolute Gasteiger partial charge is 0.0503 e. The van der Waals surface area contributed by atoms with Crippen molar-refractivity contribution in [2.75, 3.05) is 39.9 Å². The van der Waals surface area contributed by atoms with Crippen molar-refractivity contribution in [3.8, 4) is 0 Å². The quantitative estimate of drug-likeness (QED) is 0.796. The van der Waals surface area contributed by atoms with E-state index in [0.717, 1.165) is 26.2 Å². The van der Waals surface area contributed by atoms with Gasteiger partial charge in [0.25, 0.3) is 0 Å². The van der Waals surface area contributed by atoms with Gasteiger partial charge in [0.15, 0.2) is 0 Å². The highest BCUT2D eigenvalue weighted by molar-refractivity contribution is 5.19. The Morgan fingerprint density at radius 1 is 1.24 bits per heavy atom. The molecule has 1 aliphatic rings. The average Bonchev–Trinajstić information content (AvgIpc) is 2.93. The molecule has 1 fully saturated rings. The zero-order valence-electron chi connectivity index (χ0n) is 13.7. The topological polar surface area (TPSA) is 24.5 Å². The summed E-state index contributed by atoms with van der Waals surface area (Å²) in [6.07, 6.45) is 1.25. The minimum absolute atomic E-state index is 0.479. The fourth-order valence-corrected chi connectivity index (χ4v) is 3.16. The van der Waals surface area contributed by atoms with Crippen molar-refractivity contribution in [1.29, 1.82) is 0 Å². The Morgan fingerprint density at radius 3 is 2.67 bits per heavy atom. The summed E-state index contributed by atoms with van der Waals surface area (Å²) in [7, 11) is 1.81. The second-order valence-corrected chi connectivity index (χ2v) is 6.58. The van der Waals surface area contributed by atoms with Crippen LogP contribution in [-0.4, -0.2) is 44.8 Å². The zero-order chi connectivity index (χ0) is 15.1. The molecule has 0 spiro atoms. The molecule has 1 aromatic carbocycles. The molecule has 1 aromatic rings. The van der Waals surface area contributed by atoms with Gasteiger partial charge in [-0.3, -0.25) is 4.90 Å². The number of nitrogens with one attached hydrogen (secondary N) is 1. The van der Waals surface area contributed by atoms with Gasteiger partial charge in [0, 0.05) is 26.2 Å². The number of hydrogen-bond acceptors (Lipinski definition) is 3. The predicted molar refractivity (Wildman–Crippen MR) is 88.4 cm³/mol. The fraction of sp³-hybridized carbons (Fsp3) is 0.667. The third-order valence-corrected chi connectivity index (χ3v) is 4.24. The number of nitrogens with zero attached hydrogens (tertiary/aromatic N) is 1. The van der Waals surface area contributed by atoms with Gasteiger partial charge < -0.3 is 10.1 Å². The van der Waals surface area contributed by atoms with Gasteiger partial charge in [0.05, 0.1) is 6.61 Å². The Labute approximate surface area is 129 Å². The first-order chi connectivity index (χ1) is 10.2. The highest BCUT2D eigenvalue weighted by Crippen LogP contribution is 2.27. The Hall–Kier alpha value is -0.900. The molecule has 0 amide bonds. The highest BCUT2D eigenvalue weighted by atomic mass is 16.5. The molecule has 1 aliphatic heterocycles. The van der Waals surface area contributed by atoms with Crippen molar-refractivity contribution in [3.05, 3.63) is 35.9 Å². The van der Waals surface area contributed by atoms with E-state index in [1.807, 2.05) is 7.11 Å². The molecular formula is C18H30N2O. The van der Waals surface area contributed by atoms with Crippen LogP contribution in [0.5, 0.6) is 0 Å². The van der Waals surface area contributed by atoms with Gasteiger partial charge in [-0.15, -0.1) is 0 Å². The van der Waals surface area contributed by atoms with E-state index < -0.39 is 0 Å². The lowest BCUT2D eigenvalue weighted by atomic mass is 10.0. The second-order valence-electron chi connectivity index (χ2n) is 6.58. The minimum Gasteiger partial charge on any atom is -0.384 e. The van der Waals surface area contributed by atoms with Crippen LogP contribution in [0.25, 0.3) is 0 Å². The molecule has 1 heterocycles. The molecule has 3 nitrogen and oxygen atoms in total. The van der Waals surface area contributed by atoms with E-state index in [4.69, 9.17) is 4.74 Å². The average molecular weight is 290 g/mol. The monoisotopic (exact) mass is 290 g/mol. The summed E-state index contributed by atoms with van der Waals surface area (Å²) in [6, 6.07) is 11.4. The van der Waals surface area contributed by atoms with Crippen LogP contribution in [0.3, 0.4) is 0 Å². The molecule has 21 heavy (non-hydrogen) atoms. The van der Waals surface area contributed by atoms with Crippen LogP contribution in [0.15, 0.2) is 30.3 Å². The summed E-state index contributed by atoms with van der Waals surface area (Å²) in [5, 5.41) is 3.63. The van der Waals surface area contributed by atoms with Gasteiger partial charge in [-0.2, -0.15) is 0 Å². The Morgan fingerprint density at radius 2 is 2.00 bits per heavy atom. The van der Waals surface area contributed by atoms with Crippen molar-refractivity contribution >= 4 is 0 Å². The van der Waals surface area contributed by atoms with Crippen molar-refractivity contribution < 1.29 is 4.74 Å². The van der Waals surface area contributed by atoms with E-state index in [9.17, 15) is 0 Å². The zero-order valence-corrected chi connectivity index (χ0v) is 13.7. The van der Waals surface area contributed by atoms with Crippen molar-refractivity contribution in [2.24, 2.45) is 11.8 Å². The maximum atomic E-state index is 5.33. The molecular weight excluding hydrogens is 260 g/mol. The molecule has 0 aromatic heterocycles. The van der Waals surface area contributed by atoms with Crippen LogP contribution in [0.1, 0.15) is 31.9 Å². The van der Waals surface area contributed by atoms with Gasteiger partial charge in [-0.1, -0.05) is 44.2 Å². The standard InChI is InChI=1S/C18H30N2O/c1-15(2)11-19-12-18(17-7-5-4-6-8-17)20-10-9-16(13-20)14-21-3/h4-8,15-16,18-19H,9-14H2,1-3H3. The fourth-order valence-electron chi connectivity index (χ4n) is 3.16. The third-order valence-electron chi connectivity index (χ3n) is 4.24. The lowest BCUT2D eigenvalue weighted by Gasteiger charge is -2.29. The number of benzene rings is 1. The Bertz CT molecular complexity index is 393. The van der Waals surface area contributed by atoms with Gasteiger partial charge in [0.2, 0.25) is 0 Å². The lowest BCUT2D eigenvalue weighted by molar-refractivity contribution is 0.146. The highest BCUT2D eigenvalue weighted by Gasteiger charge is 2.28. The number of methoxy groups -OCH3 is 1. The predicted octanol–water partition coefficient (Wildman–Crippen LogP) is 2.94. The molecule has 118 valence electrons. The van der Waals surface area contributed by atoms with Crippen LogP contribution in [0.4, 0.5) is 0 Å². The first kappa shape index (κ1) is 16.5. The summed E-state index contributed by atoms with van der Waals surface area (Å²) < 4.78 is 5.33. The summed E-state index contributed by atoms with van der Waals surface area (Å²) in [4.78, 5) is 2.62. The number of hydrogen-bond donors (Lipinski definition) is 1. The van der Waals surface area contributed by atoms with Crippen LogP contribution in [-0.2, 0) is 4.74 Å². The first-order valence-corrected chi connectivity index (χ1v) is 8.19. The Balaban J connectivity index is 1.99. The van der Waals surface area contributed by atoms with Gasteiger partial charge in [0.1, 0.15) is 0 Å². The first-order valence-electron chi connectivity index (χ1n) is 8.19. The van der Waals surface area contributed by atoms with E-state index in [1.165, 1.54) is 18.5 Å². The van der Waals surface area contributed by atoms with Crippen molar-refractivity contribution in [3.63, 3.8) is 0 Å². The third kappa shape index (κ3) is 5.10. The van der Waals surface area contributed by atoms with Gasteiger partial charge in [-0.25, -0.2) is 0 Å². The molecule has 1 saturated heterocycles. The normalized spacial score (nSPS) is 21.0. The molecule has 1 N–H and O–H groups in total. The van der Waals surface area contributed by atoms with E-state index >= 15 is 0 Å². The van der Waals surface area contributed by atoms with Crippen molar-refractivity contribution in [2.45, 2.75) is 26.3 Å². The van der Waals surface area contributed by atoms with E-state index in [0.29, 0.717) is 17.9 Å². The summed E-state index contributed by atoms with van der Waals surface area (Å²) in [6.45, 7) is 9.84. The maximum absolute atomic E-state index is 5.33. The van der Waals surface area contributed by atoms with E-state index in [-0.39, 0.29) is 0 Å². The summed E-state index contributed by atoms with van der Waals surface area (Å²) in [5.74, 6) is 1.38. The number of likely N-dealkylation sites (tertiary alicyclic amines) is 1. The van der Waals surface area contributed by atoms with Gasteiger partial charge in [-0.05, 0) is 36.9 Å². The molecule has 0 aliphatic carbocycles. The SMILES string of the molecule is COCC1CCN(C(CNCC(C)C)c2ccccc2)C1.